The third kappa shape index (κ3) is 4.74. The van der Waals surface area contributed by atoms with E-state index < -0.39 is 0 Å². The second kappa shape index (κ2) is 8.50. The van der Waals surface area contributed by atoms with Crippen LogP contribution in [0.4, 0.5) is 5.69 Å². The number of rotatable bonds is 6. The van der Waals surface area contributed by atoms with Crippen LogP contribution >= 0.6 is 23.4 Å². The number of hydrogen-bond acceptors (Lipinski definition) is 4. The predicted molar refractivity (Wildman–Crippen MR) is 114 cm³/mol. The van der Waals surface area contributed by atoms with Gasteiger partial charge >= 0.3 is 0 Å². The molecule has 4 aromatic rings. The van der Waals surface area contributed by atoms with Gasteiger partial charge in [0.25, 0.3) is 0 Å². The number of oxazole rings is 1. The molecule has 0 aliphatic heterocycles. The number of nitrogens with zero attached hydrogens (tertiary/aromatic N) is 1. The lowest BCUT2D eigenvalue weighted by Crippen LogP contribution is -2.13. The van der Waals surface area contributed by atoms with Crippen molar-refractivity contribution in [2.45, 2.75) is 11.3 Å². The van der Waals surface area contributed by atoms with E-state index in [0.29, 0.717) is 34.4 Å². The smallest absolute Gasteiger partial charge is 0.234 e. The summed E-state index contributed by atoms with van der Waals surface area (Å²) in [6.45, 7) is 0. The van der Waals surface area contributed by atoms with Gasteiger partial charge in [-0.15, -0.1) is 11.8 Å². The largest absolute Gasteiger partial charge is 0.440 e. The maximum atomic E-state index is 12.2. The number of amides is 1. The van der Waals surface area contributed by atoms with Crippen LogP contribution in [0.25, 0.3) is 11.1 Å². The van der Waals surface area contributed by atoms with Gasteiger partial charge in [-0.05, 0) is 48.0 Å². The topological polar surface area (TPSA) is 55.1 Å². The second-order valence-electron chi connectivity index (χ2n) is 6.24. The number of hydrogen-bond donors (Lipinski definition) is 1. The lowest BCUT2D eigenvalue weighted by atomic mass is 10.1. The summed E-state index contributed by atoms with van der Waals surface area (Å²) in [4.78, 5) is 17.8. The standard InChI is InChI=1S/C22H17ClN2O2S/c23-16-6-9-18(10-7-16)28-14-21(26)24-17-8-11-20-19(13-17)25-22(27-20)12-15-4-2-1-3-5-15/h1-11,13H,12,14H2,(H,24,26). The third-order valence-electron chi connectivity index (χ3n) is 4.10. The van der Waals surface area contributed by atoms with E-state index >= 15 is 0 Å². The van der Waals surface area contributed by atoms with E-state index in [-0.39, 0.29) is 5.91 Å². The summed E-state index contributed by atoms with van der Waals surface area (Å²) in [5, 5.41) is 3.59. The monoisotopic (exact) mass is 408 g/mol. The van der Waals surface area contributed by atoms with Crippen LogP contribution in [0.5, 0.6) is 0 Å². The molecule has 0 aliphatic carbocycles. The molecule has 28 heavy (non-hydrogen) atoms. The van der Waals surface area contributed by atoms with Gasteiger partial charge in [0.15, 0.2) is 11.5 Å². The van der Waals surface area contributed by atoms with Crippen LogP contribution in [0.3, 0.4) is 0 Å². The molecule has 0 saturated carbocycles. The van der Waals surface area contributed by atoms with Crippen molar-refractivity contribution in [3.63, 3.8) is 0 Å². The fourth-order valence-corrected chi connectivity index (χ4v) is 3.60. The lowest BCUT2D eigenvalue weighted by Gasteiger charge is -2.05. The highest BCUT2D eigenvalue weighted by Gasteiger charge is 2.09. The zero-order valence-corrected chi connectivity index (χ0v) is 16.5. The highest BCUT2D eigenvalue weighted by molar-refractivity contribution is 8.00. The van der Waals surface area contributed by atoms with Crippen LogP contribution in [-0.4, -0.2) is 16.6 Å². The van der Waals surface area contributed by atoms with Crippen LogP contribution in [0, 0.1) is 0 Å². The Hall–Kier alpha value is -2.76. The van der Waals surface area contributed by atoms with Crippen molar-refractivity contribution >= 4 is 46.1 Å². The average molecular weight is 409 g/mol. The van der Waals surface area contributed by atoms with Gasteiger partial charge < -0.3 is 9.73 Å². The Kier molecular flexibility index (Phi) is 5.65. The normalized spacial score (nSPS) is 10.9. The number of aromatic nitrogens is 1. The molecular formula is C22H17ClN2O2S. The average Bonchev–Trinajstić information content (AvgIpc) is 3.10. The lowest BCUT2D eigenvalue weighted by molar-refractivity contribution is -0.113. The van der Waals surface area contributed by atoms with E-state index in [1.807, 2.05) is 72.8 Å². The van der Waals surface area contributed by atoms with E-state index in [0.717, 1.165) is 16.0 Å². The summed E-state index contributed by atoms with van der Waals surface area (Å²) < 4.78 is 5.81. The van der Waals surface area contributed by atoms with Gasteiger partial charge in [-0.2, -0.15) is 0 Å². The van der Waals surface area contributed by atoms with Crippen molar-refractivity contribution in [2.75, 3.05) is 11.1 Å². The van der Waals surface area contributed by atoms with Crippen LogP contribution < -0.4 is 5.32 Å². The predicted octanol–water partition coefficient (Wildman–Crippen LogP) is 5.80. The van der Waals surface area contributed by atoms with Crippen molar-refractivity contribution in [2.24, 2.45) is 0 Å². The fraction of sp³-hybridized carbons (Fsp3) is 0.0909. The molecule has 0 spiro atoms. The Bertz CT molecular complexity index is 1090. The molecule has 0 aliphatic rings. The van der Waals surface area contributed by atoms with E-state index in [4.69, 9.17) is 16.0 Å². The van der Waals surface area contributed by atoms with E-state index in [1.54, 1.807) is 0 Å². The molecule has 3 aromatic carbocycles. The third-order valence-corrected chi connectivity index (χ3v) is 5.36. The molecular weight excluding hydrogens is 392 g/mol. The molecule has 0 bridgehead atoms. The van der Waals surface area contributed by atoms with E-state index in [2.05, 4.69) is 10.3 Å². The molecule has 0 unspecified atom stereocenters. The van der Waals surface area contributed by atoms with Gasteiger partial charge in [0.1, 0.15) is 5.52 Å². The summed E-state index contributed by atoms with van der Waals surface area (Å²) >= 11 is 7.33. The van der Waals surface area contributed by atoms with Gasteiger partial charge in [-0.25, -0.2) is 4.98 Å². The number of anilines is 1. The van der Waals surface area contributed by atoms with Crippen LogP contribution in [-0.2, 0) is 11.2 Å². The Morgan fingerprint density at radius 2 is 1.82 bits per heavy atom. The molecule has 6 heteroatoms. The van der Waals surface area contributed by atoms with E-state index in [1.165, 1.54) is 11.8 Å². The van der Waals surface area contributed by atoms with Crippen LogP contribution in [0.2, 0.25) is 5.02 Å². The number of thioether (sulfide) groups is 1. The van der Waals surface area contributed by atoms with Gasteiger partial charge in [0.2, 0.25) is 5.91 Å². The summed E-state index contributed by atoms with van der Waals surface area (Å²) in [5.41, 5.74) is 3.28. The Morgan fingerprint density at radius 3 is 2.61 bits per heavy atom. The van der Waals surface area contributed by atoms with Crippen molar-refractivity contribution in [3.05, 3.63) is 89.3 Å². The number of benzene rings is 3. The SMILES string of the molecule is O=C(CSc1ccc(Cl)cc1)Nc1ccc2oc(Cc3ccccc3)nc2c1. The Morgan fingerprint density at radius 1 is 1.04 bits per heavy atom. The maximum absolute atomic E-state index is 12.2. The first kappa shape index (κ1) is 18.6. The first-order valence-electron chi connectivity index (χ1n) is 8.77. The highest BCUT2D eigenvalue weighted by atomic mass is 35.5. The highest BCUT2D eigenvalue weighted by Crippen LogP contribution is 2.23. The molecule has 1 aromatic heterocycles. The molecule has 0 fully saturated rings. The minimum Gasteiger partial charge on any atom is -0.440 e. The Balaban J connectivity index is 1.39. The number of carbonyl (C=O) groups is 1. The number of halogens is 1. The van der Waals surface area contributed by atoms with Gasteiger partial charge in [-0.3, -0.25) is 4.79 Å². The summed E-state index contributed by atoms with van der Waals surface area (Å²) in [6.07, 6.45) is 0.634. The van der Waals surface area contributed by atoms with Gasteiger partial charge in [0.05, 0.1) is 5.75 Å². The summed E-state index contributed by atoms with van der Waals surface area (Å²) in [6, 6.07) is 23.0. The zero-order chi connectivity index (χ0) is 19.3. The van der Waals surface area contributed by atoms with Crippen LogP contribution in [0.1, 0.15) is 11.5 Å². The minimum atomic E-state index is -0.0766. The molecule has 0 saturated heterocycles. The van der Waals surface area contributed by atoms with E-state index in [9.17, 15) is 4.79 Å². The summed E-state index contributed by atoms with van der Waals surface area (Å²) in [5.74, 6) is 0.896. The molecule has 1 amide bonds. The molecule has 140 valence electrons. The van der Waals surface area contributed by atoms with Gasteiger partial charge in [0, 0.05) is 22.0 Å². The van der Waals surface area contributed by atoms with Crippen molar-refractivity contribution < 1.29 is 9.21 Å². The van der Waals surface area contributed by atoms with Crippen molar-refractivity contribution in [1.29, 1.82) is 0 Å². The first-order valence-corrected chi connectivity index (χ1v) is 10.1. The Labute approximate surface area is 171 Å². The molecule has 4 rings (SSSR count). The van der Waals surface area contributed by atoms with Crippen molar-refractivity contribution in [3.8, 4) is 0 Å². The quantitative estimate of drug-likeness (QED) is 0.409. The minimum absolute atomic E-state index is 0.0766. The molecule has 1 heterocycles. The number of nitrogens with one attached hydrogen (secondary N) is 1. The molecule has 0 atom stereocenters. The van der Waals surface area contributed by atoms with Gasteiger partial charge in [-0.1, -0.05) is 41.9 Å². The first-order chi connectivity index (χ1) is 13.7. The number of fused-ring (bicyclic) bond motifs is 1. The van der Waals surface area contributed by atoms with Crippen molar-refractivity contribution in [1.82, 2.24) is 4.98 Å². The number of carbonyl (C=O) groups excluding carboxylic acids is 1. The fourth-order valence-electron chi connectivity index (χ4n) is 2.78. The van der Waals surface area contributed by atoms with Crippen LogP contribution in [0.15, 0.2) is 82.1 Å². The molecule has 0 radical (unpaired) electrons. The second-order valence-corrected chi connectivity index (χ2v) is 7.73. The summed E-state index contributed by atoms with van der Waals surface area (Å²) in [7, 11) is 0. The zero-order valence-electron chi connectivity index (χ0n) is 14.9. The molecule has 4 nitrogen and oxygen atoms in total. The molecule has 1 N–H and O–H groups in total. The maximum Gasteiger partial charge on any atom is 0.234 e.